The SMILES string of the molecule is CN=C(NCc1ccc(NC(=O)C(C)C)cc1)NC1CCN(c2ncccc2Cl)C1.I. The van der Waals surface area contributed by atoms with Crippen LogP contribution < -0.4 is 20.9 Å². The van der Waals surface area contributed by atoms with Gasteiger partial charge in [-0.15, -0.1) is 24.0 Å². The van der Waals surface area contributed by atoms with Crippen molar-refractivity contribution in [1.82, 2.24) is 15.6 Å². The van der Waals surface area contributed by atoms with Crippen LogP contribution in [0.5, 0.6) is 0 Å². The third-order valence-corrected chi connectivity index (χ3v) is 5.29. The summed E-state index contributed by atoms with van der Waals surface area (Å²) >= 11 is 6.27. The molecule has 9 heteroatoms. The number of halogens is 2. The molecule has 1 saturated heterocycles. The quantitative estimate of drug-likeness (QED) is 0.286. The van der Waals surface area contributed by atoms with Crippen molar-refractivity contribution in [3.63, 3.8) is 0 Å². The minimum absolute atomic E-state index is 0. The molecule has 1 aliphatic rings. The molecule has 2 aromatic rings. The van der Waals surface area contributed by atoms with E-state index in [0.29, 0.717) is 11.6 Å². The van der Waals surface area contributed by atoms with Gasteiger partial charge < -0.3 is 20.9 Å². The zero-order chi connectivity index (χ0) is 21.5. The number of aliphatic imine (C=N–C) groups is 1. The topological polar surface area (TPSA) is 81.6 Å². The Bertz CT molecular complexity index is 890. The molecule has 3 N–H and O–H groups in total. The summed E-state index contributed by atoms with van der Waals surface area (Å²) in [4.78, 5) is 22.7. The lowest BCUT2D eigenvalue weighted by Gasteiger charge is -2.20. The Morgan fingerprint density at radius 2 is 2.03 bits per heavy atom. The van der Waals surface area contributed by atoms with Crippen molar-refractivity contribution in [3.05, 3.63) is 53.2 Å². The summed E-state index contributed by atoms with van der Waals surface area (Å²) in [7, 11) is 1.77. The Morgan fingerprint density at radius 3 is 2.68 bits per heavy atom. The fraction of sp³-hybridized carbons (Fsp3) is 0.409. The van der Waals surface area contributed by atoms with Crippen LogP contribution in [0.25, 0.3) is 0 Å². The van der Waals surface area contributed by atoms with E-state index >= 15 is 0 Å². The zero-order valence-corrected chi connectivity index (χ0v) is 21.1. The molecule has 168 valence electrons. The van der Waals surface area contributed by atoms with E-state index in [-0.39, 0.29) is 41.8 Å². The Hall–Kier alpha value is -2.07. The van der Waals surface area contributed by atoms with E-state index in [9.17, 15) is 4.79 Å². The van der Waals surface area contributed by atoms with Gasteiger partial charge in [-0.2, -0.15) is 0 Å². The van der Waals surface area contributed by atoms with Crippen LogP contribution in [-0.2, 0) is 11.3 Å². The molecule has 1 atom stereocenters. The van der Waals surface area contributed by atoms with Crippen molar-refractivity contribution in [3.8, 4) is 0 Å². The van der Waals surface area contributed by atoms with Crippen molar-refractivity contribution >= 4 is 58.9 Å². The van der Waals surface area contributed by atoms with Crippen molar-refractivity contribution < 1.29 is 4.79 Å². The molecule has 1 fully saturated rings. The zero-order valence-electron chi connectivity index (χ0n) is 18.1. The fourth-order valence-electron chi connectivity index (χ4n) is 3.25. The summed E-state index contributed by atoms with van der Waals surface area (Å²) in [6.45, 7) is 6.11. The number of nitrogens with zero attached hydrogens (tertiary/aromatic N) is 3. The normalized spacial score (nSPS) is 16.1. The van der Waals surface area contributed by atoms with Crippen molar-refractivity contribution in [2.75, 3.05) is 30.4 Å². The van der Waals surface area contributed by atoms with Gasteiger partial charge in [0.1, 0.15) is 5.82 Å². The molecular formula is C22H30ClIN6O. The molecule has 3 rings (SSSR count). The van der Waals surface area contributed by atoms with Gasteiger partial charge in [-0.25, -0.2) is 4.98 Å². The molecule has 7 nitrogen and oxygen atoms in total. The summed E-state index contributed by atoms with van der Waals surface area (Å²) in [5, 5.41) is 10.4. The molecule has 31 heavy (non-hydrogen) atoms. The van der Waals surface area contributed by atoms with Crippen molar-refractivity contribution in [2.45, 2.75) is 32.9 Å². The first kappa shape index (κ1) is 25.2. The molecule has 1 aromatic heterocycles. The number of hydrogen-bond donors (Lipinski definition) is 3. The van der Waals surface area contributed by atoms with Crippen molar-refractivity contribution in [1.29, 1.82) is 0 Å². The number of anilines is 2. The Labute approximate surface area is 206 Å². The van der Waals surface area contributed by atoms with Crippen LogP contribution in [0.4, 0.5) is 11.5 Å². The van der Waals surface area contributed by atoms with E-state index in [0.717, 1.165) is 42.5 Å². The van der Waals surface area contributed by atoms with Crippen LogP contribution >= 0.6 is 35.6 Å². The number of pyridine rings is 1. The van der Waals surface area contributed by atoms with E-state index in [4.69, 9.17) is 11.6 Å². The van der Waals surface area contributed by atoms with Gasteiger partial charge in [0.15, 0.2) is 5.96 Å². The largest absolute Gasteiger partial charge is 0.353 e. The molecular weight excluding hydrogens is 527 g/mol. The molecule has 1 amide bonds. The minimum Gasteiger partial charge on any atom is -0.353 e. The summed E-state index contributed by atoms with van der Waals surface area (Å²) in [5.41, 5.74) is 1.91. The third kappa shape index (κ3) is 7.24. The predicted molar refractivity (Wildman–Crippen MR) is 139 cm³/mol. The molecule has 0 aliphatic carbocycles. The monoisotopic (exact) mass is 556 g/mol. The maximum absolute atomic E-state index is 11.8. The lowest BCUT2D eigenvalue weighted by molar-refractivity contribution is -0.118. The number of carbonyl (C=O) groups is 1. The summed E-state index contributed by atoms with van der Waals surface area (Å²) < 4.78 is 0. The maximum atomic E-state index is 11.8. The summed E-state index contributed by atoms with van der Waals surface area (Å²) in [6.07, 6.45) is 2.75. The molecule has 1 aliphatic heterocycles. The Morgan fingerprint density at radius 1 is 1.29 bits per heavy atom. The lowest BCUT2D eigenvalue weighted by atomic mass is 10.1. The number of nitrogens with one attached hydrogen (secondary N) is 3. The highest BCUT2D eigenvalue weighted by atomic mass is 127. The number of carbonyl (C=O) groups excluding carboxylic acids is 1. The lowest BCUT2D eigenvalue weighted by Crippen LogP contribution is -2.44. The number of amides is 1. The number of guanidine groups is 1. The standard InChI is InChI=1S/C22H29ClN6O.HI/c1-15(2)21(30)27-17-8-6-16(7-9-17)13-26-22(24-3)28-18-10-12-29(14-18)20-19(23)5-4-11-25-20;/h4-9,11,15,18H,10,12-14H2,1-3H3,(H,27,30)(H2,24,26,28);1H. The fourth-order valence-corrected chi connectivity index (χ4v) is 3.49. The van der Waals surface area contributed by atoms with E-state index in [1.54, 1.807) is 13.2 Å². The number of benzene rings is 1. The van der Waals surface area contributed by atoms with Gasteiger partial charge in [0.05, 0.1) is 5.02 Å². The van der Waals surface area contributed by atoms with E-state index in [2.05, 4.69) is 30.8 Å². The second-order valence-corrected chi connectivity index (χ2v) is 8.06. The highest BCUT2D eigenvalue weighted by Crippen LogP contribution is 2.25. The third-order valence-electron chi connectivity index (χ3n) is 5.00. The molecule has 0 spiro atoms. The van der Waals surface area contributed by atoms with Crippen LogP contribution in [0.15, 0.2) is 47.6 Å². The number of aromatic nitrogens is 1. The Balaban J connectivity index is 0.00000341. The first-order valence-electron chi connectivity index (χ1n) is 10.2. The van der Waals surface area contributed by atoms with Gasteiger partial charge in [-0.05, 0) is 36.2 Å². The molecule has 1 unspecified atom stereocenters. The highest BCUT2D eigenvalue weighted by molar-refractivity contribution is 14.0. The van der Waals surface area contributed by atoms with Crippen molar-refractivity contribution in [2.24, 2.45) is 10.9 Å². The average molecular weight is 557 g/mol. The smallest absolute Gasteiger partial charge is 0.226 e. The second kappa shape index (κ2) is 12.1. The molecule has 0 saturated carbocycles. The van der Waals surface area contributed by atoms with Gasteiger partial charge in [0.25, 0.3) is 0 Å². The van der Waals surface area contributed by atoms with Gasteiger partial charge in [-0.1, -0.05) is 37.6 Å². The highest BCUT2D eigenvalue weighted by Gasteiger charge is 2.25. The average Bonchev–Trinajstić information content (AvgIpc) is 3.20. The van der Waals surface area contributed by atoms with Gasteiger partial charge in [0, 0.05) is 50.5 Å². The van der Waals surface area contributed by atoms with Crippen LogP contribution in [0.3, 0.4) is 0 Å². The molecule has 1 aromatic carbocycles. The Kier molecular flexibility index (Phi) is 9.83. The van der Waals surface area contributed by atoms with E-state index in [1.165, 1.54) is 0 Å². The molecule has 0 radical (unpaired) electrons. The molecule has 0 bridgehead atoms. The van der Waals surface area contributed by atoms with Gasteiger partial charge >= 0.3 is 0 Å². The first-order valence-corrected chi connectivity index (χ1v) is 10.6. The number of hydrogen-bond acceptors (Lipinski definition) is 4. The van der Waals surface area contributed by atoms with Gasteiger partial charge in [0.2, 0.25) is 5.91 Å². The summed E-state index contributed by atoms with van der Waals surface area (Å²) in [5.74, 6) is 1.56. The number of rotatable bonds is 6. The van der Waals surface area contributed by atoms with E-state index in [1.807, 2.05) is 50.2 Å². The van der Waals surface area contributed by atoms with Crippen LogP contribution in [0.1, 0.15) is 25.8 Å². The van der Waals surface area contributed by atoms with Crippen LogP contribution in [0.2, 0.25) is 5.02 Å². The predicted octanol–water partition coefficient (Wildman–Crippen LogP) is 3.89. The maximum Gasteiger partial charge on any atom is 0.226 e. The van der Waals surface area contributed by atoms with Crippen LogP contribution in [0, 0.1) is 5.92 Å². The van der Waals surface area contributed by atoms with Gasteiger partial charge in [-0.3, -0.25) is 9.79 Å². The summed E-state index contributed by atoms with van der Waals surface area (Å²) in [6, 6.07) is 11.8. The second-order valence-electron chi connectivity index (χ2n) is 7.65. The van der Waals surface area contributed by atoms with E-state index < -0.39 is 0 Å². The minimum atomic E-state index is -0.0408. The first-order chi connectivity index (χ1) is 14.5. The molecule has 2 heterocycles. The van der Waals surface area contributed by atoms with Crippen LogP contribution in [-0.4, -0.2) is 43.0 Å².